The Morgan fingerprint density at radius 1 is 1.32 bits per heavy atom. The van der Waals surface area contributed by atoms with Gasteiger partial charge in [0.05, 0.1) is 0 Å². The summed E-state index contributed by atoms with van der Waals surface area (Å²) in [5, 5.41) is 3.53. The first kappa shape index (κ1) is 14.3. The van der Waals surface area contributed by atoms with Gasteiger partial charge < -0.3 is 10.1 Å². The summed E-state index contributed by atoms with van der Waals surface area (Å²) in [5.41, 5.74) is 0.630. The van der Waals surface area contributed by atoms with Gasteiger partial charge >= 0.3 is 0 Å². The molecule has 0 bridgehead atoms. The van der Waals surface area contributed by atoms with Gasteiger partial charge in [-0.05, 0) is 38.3 Å². The lowest BCUT2D eigenvalue weighted by Crippen LogP contribution is -2.37. The van der Waals surface area contributed by atoms with Crippen LogP contribution in [0.4, 0.5) is 4.39 Å². The molecular weight excluding hydrogens is 241 g/mol. The van der Waals surface area contributed by atoms with Crippen LogP contribution in [0.2, 0.25) is 0 Å². The van der Waals surface area contributed by atoms with Crippen molar-refractivity contribution in [1.82, 2.24) is 5.32 Å². The van der Waals surface area contributed by atoms with E-state index >= 15 is 0 Å². The van der Waals surface area contributed by atoms with Crippen LogP contribution in [0, 0.1) is 12.7 Å². The predicted molar refractivity (Wildman–Crippen MR) is 76.1 cm³/mol. The van der Waals surface area contributed by atoms with Gasteiger partial charge in [-0.2, -0.15) is 0 Å². The molecule has 1 saturated carbocycles. The van der Waals surface area contributed by atoms with E-state index in [1.807, 2.05) is 13.0 Å². The summed E-state index contributed by atoms with van der Waals surface area (Å²) in [7, 11) is 0. The molecule has 1 unspecified atom stereocenters. The van der Waals surface area contributed by atoms with E-state index in [0.29, 0.717) is 17.4 Å². The average molecular weight is 265 g/mol. The molecule has 2 nitrogen and oxygen atoms in total. The molecule has 3 heteroatoms. The molecule has 1 atom stereocenters. The zero-order valence-electron chi connectivity index (χ0n) is 11.9. The first-order chi connectivity index (χ1) is 9.16. The SMILES string of the molecule is Cc1cccc(OC(C)CNC2CCCCC2)c1F. The topological polar surface area (TPSA) is 21.3 Å². The first-order valence-electron chi connectivity index (χ1n) is 7.32. The monoisotopic (exact) mass is 265 g/mol. The zero-order chi connectivity index (χ0) is 13.7. The van der Waals surface area contributed by atoms with E-state index in [9.17, 15) is 4.39 Å². The van der Waals surface area contributed by atoms with Crippen molar-refractivity contribution in [3.63, 3.8) is 0 Å². The van der Waals surface area contributed by atoms with E-state index in [0.717, 1.165) is 6.54 Å². The van der Waals surface area contributed by atoms with E-state index in [1.165, 1.54) is 32.1 Å². The van der Waals surface area contributed by atoms with Crippen LogP contribution in [0.25, 0.3) is 0 Å². The molecule has 0 aromatic heterocycles. The molecule has 1 aliphatic carbocycles. The third-order valence-corrected chi connectivity index (χ3v) is 3.78. The fourth-order valence-electron chi connectivity index (χ4n) is 2.61. The Balaban J connectivity index is 1.80. The van der Waals surface area contributed by atoms with Crippen LogP contribution >= 0.6 is 0 Å². The Morgan fingerprint density at radius 3 is 2.79 bits per heavy atom. The smallest absolute Gasteiger partial charge is 0.167 e. The molecular formula is C16H24FNO. The molecule has 1 fully saturated rings. The highest BCUT2D eigenvalue weighted by molar-refractivity contribution is 5.30. The molecule has 1 aliphatic rings. The highest BCUT2D eigenvalue weighted by Gasteiger charge is 2.15. The van der Waals surface area contributed by atoms with Gasteiger partial charge in [0.15, 0.2) is 11.6 Å². The molecule has 0 amide bonds. The average Bonchev–Trinajstić information content (AvgIpc) is 2.43. The highest BCUT2D eigenvalue weighted by atomic mass is 19.1. The second-order valence-corrected chi connectivity index (χ2v) is 5.56. The summed E-state index contributed by atoms with van der Waals surface area (Å²) in [5.74, 6) is 0.116. The van der Waals surface area contributed by atoms with Gasteiger partial charge in [0.1, 0.15) is 6.10 Å². The zero-order valence-corrected chi connectivity index (χ0v) is 11.9. The summed E-state index contributed by atoms with van der Waals surface area (Å²) >= 11 is 0. The van der Waals surface area contributed by atoms with Crippen molar-refractivity contribution in [2.45, 2.75) is 58.1 Å². The fraction of sp³-hybridized carbons (Fsp3) is 0.625. The third kappa shape index (κ3) is 4.20. The van der Waals surface area contributed by atoms with Crippen LogP contribution in [0.3, 0.4) is 0 Å². The lowest BCUT2D eigenvalue weighted by Gasteiger charge is -2.25. The van der Waals surface area contributed by atoms with Gasteiger partial charge in [0.25, 0.3) is 0 Å². The minimum atomic E-state index is -0.244. The number of halogens is 1. The predicted octanol–water partition coefficient (Wildman–Crippen LogP) is 3.82. The van der Waals surface area contributed by atoms with Crippen LogP contribution < -0.4 is 10.1 Å². The minimum absolute atomic E-state index is 0.0155. The molecule has 0 saturated heterocycles. The number of nitrogens with one attached hydrogen (secondary N) is 1. The van der Waals surface area contributed by atoms with Crippen molar-refractivity contribution in [1.29, 1.82) is 0 Å². The molecule has 2 rings (SSSR count). The van der Waals surface area contributed by atoms with E-state index in [1.54, 1.807) is 19.1 Å². The fourth-order valence-corrected chi connectivity index (χ4v) is 2.61. The van der Waals surface area contributed by atoms with E-state index in [-0.39, 0.29) is 11.9 Å². The van der Waals surface area contributed by atoms with E-state index < -0.39 is 0 Å². The van der Waals surface area contributed by atoms with Crippen LogP contribution in [-0.2, 0) is 0 Å². The Hall–Kier alpha value is -1.09. The van der Waals surface area contributed by atoms with Crippen molar-refractivity contribution in [3.05, 3.63) is 29.6 Å². The maximum atomic E-state index is 13.8. The van der Waals surface area contributed by atoms with Crippen molar-refractivity contribution >= 4 is 0 Å². The van der Waals surface area contributed by atoms with Crippen molar-refractivity contribution < 1.29 is 9.13 Å². The second kappa shape index (κ2) is 6.90. The Bertz CT molecular complexity index is 402. The van der Waals surface area contributed by atoms with E-state index in [2.05, 4.69) is 5.32 Å². The van der Waals surface area contributed by atoms with Gasteiger partial charge in [0.2, 0.25) is 0 Å². The summed E-state index contributed by atoms with van der Waals surface area (Å²) in [4.78, 5) is 0. The Morgan fingerprint density at radius 2 is 2.05 bits per heavy atom. The molecule has 19 heavy (non-hydrogen) atoms. The number of hydrogen-bond acceptors (Lipinski definition) is 2. The molecule has 1 N–H and O–H groups in total. The Kier molecular flexibility index (Phi) is 5.20. The van der Waals surface area contributed by atoms with Crippen molar-refractivity contribution in [2.24, 2.45) is 0 Å². The lowest BCUT2D eigenvalue weighted by atomic mass is 9.95. The largest absolute Gasteiger partial charge is 0.486 e. The van der Waals surface area contributed by atoms with Crippen LogP contribution in [0.5, 0.6) is 5.75 Å². The quantitative estimate of drug-likeness (QED) is 0.873. The van der Waals surface area contributed by atoms with Gasteiger partial charge in [-0.1, -0.05) is 31.4 Å². The highest BCUT2D eigenvalue weighted by Crippen LogP contribution is 2.21. The molecule has 0 aliphatic heterocycles. The first-order valence-corrected chi connectivity index (χ1v) is 7.32. The van der Waals surface area contributed by atoms with Crippen LogP contribution in [0.1, 0.15) is 44.6 Å². The van der Waals surface area contributed by atoms with Crippen LogP contribution in [-0.4, -0.2) is 18.7 Å². The van der Waals surface area contributed by atoms with Crippen LogP contribution in [0.15, 0.2) is 18.2 Å². The Labute approximate surface area is 115 Å². The van der Waals surface area contributed by atoms with Crippen molar-refractivity contribution in [3.8, 4) is 5.75 Å². The summed E-state index contributed by atoms with van der Waals surface area (Å²) in [6, 6.07) is 5.89. The molecule has 1 aromatic rings. The molecule has 0 radical (unpaired) electrons. The molecule has 0 heterocycles. The number of hydrogen-bond donors (Lipinski definition) is 1. The summed E-state index contributed by atoms with van der Waals surface area (Å²) in [6.45, 7) is 4.52. The van der Waals surface area contributed by atoms with E-state index in [4.69, 9.17) is 4.74 Å². The van der Waals surface area contributed by atoms with Gasteiger partial charge in [-0.15, -0.1) is 0 Å². The second-order valence-electron chi connectivity index (χ2n) is 5.56. The number of ether oxygens (including phenoxy) is 1. The number of benzene rings is 1. The lowest BCUT2D eigenvalue weighted by molar-refractivity contribution is 0.197. The maximum Gasteiger partial charge on any atom is 0.167 e. The normalized spacial score (nSPS) is 18.3. The number of aryl methyl sites for hydroxylation is 1. The number of rotatable bonds is 5. The molecule has 0 spiro atoms. The maximum absolute atomic E-state index is 13.8. The third-order valence-electron chi connectivity index (χ3n) is 3.78. The summed E-state index contributed by atoms with van der Waals surface area (Å²) < 4.78 is 19.5. The van der Waals surface area contributed by atoms with Gasteiger partial charge in [0, 0.05) is 12.6 Å². The summed E-state index contributed by atoms with van der Waals surface area (Å²) in [6.07, 6.45) is 6.49. The minimum Gasteiger partial charge on any atom is -0.486 e. The molecule has 1 aromatic carbocycles. The molecule has 106 valence electrons. The standard InChI is InChI=1S/C16H24FNO/c1-12-7-6-10-15(16(12)17)19-13(2)11-18-14-8-4-3-5-9-14/h6-7,10,13-14,18H,3-5,8-9,11H2,1-2H3. The van der Waals surface area contributed by atoms with Crippen molar-refractivity contribution in [2.75, 3.05) is 6.54 Å². The van der Waals surface area contributed by atoms with Gasteiger partial charge in [-0.25, -0.2) is 4.39 Å². The van der Waals surface area contributed by atoms with Gasteiger partial charge in [-0.3, -0.25) is 0 Å².